The molecule has 7 nitrogen and oxygen atoms in total. The number of carbonyl (C=O) groups is 3. The van der Waals surface area contributed by atoms with Crippen molar-refractivity contribution in [3.63, 3.8) is 0 Å². The monoisotopic (exact) mass is 488 g/mol. The Hall–Kier alpha value is -2.97. The normalized spacial score (nSPS) is 14.9. The molecule has 1 fully saturated rings. The molecule has 0 saturated carbocycles. The highest BCUT2D eigenvalue weighted by Crippen LogP contribution is 2.39. The lowest BCUT2D eigenvalue weighted by Crippen LogP contribution is -2.36. The second-order valence-electron chi connectivity index (χ2n) is 7.82. The van der Waals surface area contributed by atoms with E-state index in [9.17, 15) is 14.4 Å². The molecule has 1 aliphatic rings. The zero-order valence-electron chi connectivity index (χ0n) is 19.0. The topological polar surface area (TPSA) is 84.9 Å². The van der Waals surface area contributed by atoms with Crippen LogP contribution in [0.5, 0.6) is 11.5 Å². The fourth-order valence-corrected chi connectivity index (χ4v) is 4.23. The minimum Gasteiger partial charge on any atom is -0.493 e. The van der Waals surface area contributed by atoms with Crippen LogP contribution in [0.2, 0.25) is 5.02 Å². The fraction of sp³-hybridized carbons (Fsp3) is 0.292. The van der Waals surface area contributed by atoms with E-state index in [2.05, 4.69) is 5.32 Å². The molecule has 1 N–H and O–H groups in total. The average molecular weight is 489 g/mol. The third kappa shape index (κ3) is 5.89. The number of nitrogens with one attached hydrogen (secondary N) is 1. The molecule has 0 atom stereocenters. The first-order chi connectivity index (χ1) is 15.6. The fourth-order valence-electron chi connectivity index (χ4n) is 3.12. The predicted octanol–water partition coefficient (Wildman–Crippen LogP) is 5.43. The first-order valence-corrected chi connectivity index (χ1v) is 11.4. The van der Waals surface area contributed by atoms with Crippen LogP contribution in [0.1, 0.15) is 30.5 Å². The van der Waals surface area contributed by atoms with Crippen molar-refractivity contribution in [1.82, 2.24) is 4.90 Å². The van der Waals surface area contributed by atoms with Gasteiger partial charge in [0.2, 0.25) is 5.91 Å². The summed E-state index contributed by atoms with van der Waals surface area (Å²) in [7, 11) is 1.49. The Balaban J connectivity index is 1.76. The Morgan fingerprint density at radius 1 is 1.18 bits per heavy atom. The number of nitrogens with zero attached hydrogens (tertiary/aromatic N) is 1. The Morgan fingerprint density at radius 3 is 2.55 bits per heavy atom. The smallest absolute Gasteiger partial charge is 0.294 e. The van der Waals surface area contributed by atoms with Gasteiger partial charge in [-0.25, -0.2) is 0 Å². The number of halogens is 1. The summed E-state index contributed by atoms with van der Waals surface area (Å²) in [5.41, 5.74) is 3.31. The highest BCUT2D eigenvalue weighted by molar-refractivity contribution is 8.18. The summed E-state index contributed by atoms with van der Waals surface area (Å²) in [6.07, 6.45) is 1.44. The van der Waals surface area contributed by atoms with Crippen molar-refractivity contribution >= 4 is 52.2 Å². The Kier molecular flexibility index (Phi) is 7.71. The van der Waals surface area contributed by atoms with Gasteiger partial charge >= 0.3 is 0 Å². The molecule has 174 valence electrons. The van der Waals surface area contributed by atoms with Crippen LogP contribution in [0.15, 0.2) is 35.2 Å². The number of methoxy groups -OCH3 is 1. The van der Waals surface area contributed by atoms with Gasteiger partial charge in [0.15, 0.2) is 11.5 Å². The third-order valence-electron chi connectivity index (χ3n) is 4.87. The highest BCUT2D eigenvalue weighted by atomic mass is 35.5. The zero-order chi connectivity index (χ0) is 24.3. The van der Waals surface area contributed by atoms with Crippen molar-refractivity contribution in [1.29, 1.82) is 0 Å². The average Bonchev–Trinajstić information content (AvgIpc) is 2.99. The molecule has 1 saturated heterocycles. The number of aryl methyl sites for hydroxylation is 2. The molecule has 3 rings (SSSR count). The molecule has 0 bridgehead atoms. The minimum absolute atomic E-state index is 0.103. The van der Waals surface area contributed by atoms with Crippen LogP contribution in [0.4, 0.5) is 10.5 Å². The molecule has 2 aromatic carbocycles. The van der Waals surface area contributed by atoms with Crippen molar-refractivity contribution in [3.05, 3.63) is 56.9 Å². The maximum absolute atomic E-state index is 12.8. The van der Waals surface area contributed by atoms with Gasteiger partial charge in [-0.15, -0.1) is 0 Å². The Bertz CT molecular complexity index is 1150. The summed E-state index contributed by atoms with van der Waals surface area (Å²) in [5, 5.41) is 2.53. The molecule has 1 heterocycles. The van der Waals surface area contributed by atoms with Gasteiger partial charge in [0.05, 0.1) is 23.1 Å². The van der Waals surface area contributed by atoms with Crippen LogP contribution < -0.4 is 14.8 Å². The summed E-state index contributed by atoms with van der Waals surface area (Å²) in [4.78, 5) is 38.8. The van der Waals surface area contributed by atoms with Crippen LogP contribution in [0.25, 0.3) is 6.08 Å². The number of rotatable bonds is 7. The number of ether oxygens (including phenoxy) is 2. The predicted molar refractivity (Wildman–Crippen MR) is 131 cm³/mol. The first-order valence-electron chi connectivity index (χ1n) is 10.3. The molecular formula is C24H25ClN2O5S. The number of imide groups is 1. The van der Waals surface area contributed by atoms with Gasteiger partial charge in [-0.2, -0.15) is 0 Å². The van der Waals surface area contributed by atoms with E-state index in [1.165, 1.54) is 7.11 Å². The third-order valence-corrected chi connectivity index (χ3v) is 6.06. The highest BCUT2D eigenvalue weighted by Gasteiger charge is 2.36. The van der Waals surface area contributed by atoms with Crippen LogP contribution in [0.3, 0.4) is 0 Å². The molecule has 3 amide bonds. The van der Waals surface area contributed by atoms with Crippen LogP contribution >= 0.6 is 23.4 Å². The second-order valence-corrected chi connectivity index (χ2v) is 9.22. The van der Waals surface area contributed by atoms with Gasteiger partial charge in [0, 0.05) is 5.69 Å². The standard InChI is InChI=1S/C24H25ClN2O5S/c1-13(2)32-22-18(25)9-16(10-19(22)31-5)11-20-23(29)27(24(30)33-20)12-21(28)26-17-7-6-14(3)15(4)8-17/h6-11,13H,12H2,1-5H3,(H,26,28)/b20-11-. The van der Waals surface area contributed by atoms with E-state index in [0.29, 0.717) is 27.8 Å². The summed E-state index contributed by atoms with van der Waals surface area (Å²) in [6.45, 7) is 7.28. The summed E-state index contributed by atoms with van der Waals surface area (Å²) < 4.78 is 11.1. The lowest BCUT2D eigenvalue weighted by Gasteiger charge is -2.15. The largest absolute Gasteiger partial charge is 0.493 e. The molecule has 0 spiro atoms. The molecule has 2 aromatic rings. The number of anilines is 1. The lowest BCUT2D eigenvalue weighted by atomic mass is 10.1. The Labute approximate surface area is 202 Å². The van der Waals surface area contributed by atoms with Gasteiger partial charge in [-0.05, 0) is 86.5 Å². The number of amides is 3. The molecule has 9 heteroatoms. The Morgan fingerprint density at radius 2 is 1.91 bits per heavy atom. The van der Waals surface area contributed by atoms with E-state index in [1.807, 2.05) is 39.8 Å². The quantitative estimate of drug-likeness (QED) is 0.523. The summed E-state index contributed by atoms with van der Waals surface area (Å²) >= 11 is 7.11. The van der Waals surface area contributed by atoms with Crippen molar-refractivity contribution in [2.24, 2.45) is 0 Å². The molecule has 0 aromatic heterocycles. The SMILES string of the molecule is COc1cc(/C=C2\SC(=O)N(CC(=O)Nc3ccc(C)c(C)c3)C2=O)cc(Cl)c1OC(C)C. The second kappa shape index (κ2) is 10.3. The summed E-state index contributed by atoms with van der Waals surface area (Å²) in [6, 6.07) is 8.80. The van der Waals surface area contributed by atoms with E-state index in [0.717, 1.165) is 27.8 Å². The van der Waals surface area contributed by atoms with Crippen LogP contribution in [-0.2, 0) is 9.59 Å². The molecule has 1 aliphatic heterocycles. The van der Waals surface area contributed by atoms with Crippen molar-refractivity contribution in [2.45, 2.75) is 33.8 Å². The number of benzene rings is 2. The maximum atomic E-state index is 12.8. The van der Waals surface area contributed by atoms with Crippen LogP contribution in [0, 0.1) is 13.8 Å². The van der Waals surface area contributed by atoms with E-state index >= 15 is 0 Å². The molecular weight excluding hydrogens is 464 g/mol. The van der Waals surface area contributed by atoms with Crippen molar-refractivity contribution < 1.29 is 23.9 Å². The number of hydrogen-bond donors (Lipinski definition) is 1. The maximum Gasteiger partial charge on any atom is 0.294 e. The van der Waals surface area contributed by atoms with E-state index in [1.54, 1.807) is 24.3 Å². The number of thioether (sulfide) groups is 1. The van der Waals surface area contributed by atoms with Gasteiger partial charge in [-0.3, -0.25) is 19.3 Å². The van der Waals surface area contributed by atoms with Crippen molar-refractivity contribution in [3.8, 4) is 11.5 Å². The zero-order valence-corrected chi connectivity index (χ0v) is 20.6. The van der Waals surface area contributed by atoms with Gasteiger partial charge in [0.25, 0.3) is 11.1 Å². The van der Waals surface area contributed by atoms with Gasteiger partial charge in [0.1, 0.15) is 6.54 Å². The molecule has 0 unspecified atom stereocenters. The van der Waals surface area contributed by atoms with Gasteiger partial charge < -0.3 is 14.8 Å². The molecule has 0 radical (unpaired) electrons. The lowest BCUT2D eigenvalue weighted by molar-refractivity contribution is -0.127. The minimum atomic E-state index is -0.544. The van der Waals surface area contributed by atoms with Gasteiger partial charge in [-0.1, -0.05) is 17.7 Å². The molecule has 0 aliphatic carbocycles. The van der Waals surface area contributed by atoms with E-state index in [4.69, 9.17) is 21.1 Å². The number of hydrogen-bond acceptors (Lipinski definition) is 6. The molecule has 33 heavy (non-hydrogen) atoms. The van der Waals surface area contributed by atoms with Crippen LogP contribution in [-0.4, -0.2) is 41.7 Å². The summed E-state index contributed by atoms with van der Waals surface area (Å²) in [5.74, 6) is -0.184. The van der Waals surface area contributed by atoms with E-state index in [-0.39, 0.29) is 17.6 Å². The first kappa shape index (κ1) is 24.7. The number of carbonyl (C=O) groups excluding carboxylic acids is 3. The van der Waals surface area contributed by atoms with Crippen molar-refractivity contribution in [2.75, 3.05) is 19.0 Å². The van der Waals surface area contributed by atoms with E-state index < -0.39 is 17.1 Å².